The van der Waals surface area contributed by atoms with Gasteiger partial charge in [-0.3, -0.25) is 0 Å². The predicted octanol–water partition coefficient (Wildman–Crippen LogP) is 5.04. The van der Waals surface area contributed by atoms with Gasteiger partial charge in [0.05, 0.1) is 11.4 Å². The van der Waals surface area contributed by atoms with E-state index in [0.29, 0.717) is 0 Å². The lowest BCUT2D eigenvalue weighted by atomic mass is 9.93. The minimum atomic E-state index is 0.155. The molecule has 0 N–H and O–H groups in total. The molecule has 0 radical (unpaired) electrons. The first-order chi connectivity index (χ1) is 8.47. The van der Waals surface area contributed by atoms with E-state index in [-0.39, 0.29) is 5.41 Å². The van der Waals surface area contributed by atoms with E-state index < -0.39 is 0 Å². The largest absolute Gasteiger partial charge is 0.245 e. The van der Waals surface area contributed by atoms with Gasteiger partial charge in [-0.25, -0.2) is 4.98 Å². The molecule has 1 aromatic carbocycles. The summed E-state index contributed by atoms with van der Waals surface area (Å²) in [6.07, 6.45) is 0. The van der Waals surface area contributed by atoms with Gasteiger partial charge in [0.2, 0.25) is 0 Å². The van der Waals surface area contributed by atoms with Crippen molar-refractivity contribution in [3.05, 3.63) is 45.9 Å². The zero-order valence-corrected chi connectivity index (χ0v) is 13.0. The highest BCUT2D eigenvalue weighted by Gasteiger charge is 2.17. The molecular weight excluding hydrogens is 258 g/mol. The maximum absolute atomic E-state index is 4.72. The normalized spacial score (nSPS) is 11.8. The number of hydrogen-bond acceptors (Lipinski definition) is 3. The van der Waals surface area contributed by atoms with Gasteiger partial charge in [-0.2, -0.15) is 0 Å². The van der Waals surface area contributed by atoms with Crippen LogP contribution in [-0.4, -0.2) is 4.98 Å². The highest BCUT2D eigenvalue weighted by atomic mass is 32.2. The van der Waals surface area contributed by atoms with Crippen molar-refractivity contribution in [1.82, 2.24) is 4.98 Å². The van der Waals surface area contributed by atoms with Crippen LogP contribution in [-0.2, 0) is 11.2 Å². The molecule has 0 saturated carbocycles. The van der Waals surface area contributed by atoms with Gasteiger partial charge >= 0.3 is 0 Å². The zero-order valence-electron chi connectivity index (χ0n) is 11.4. The first kappa shape index (κ1) is 13.6. The van der Waals surface area contributed by atoms with E-state index in [1.807, 2.05) is 11.8 Å². The molecule has 0 fully saturated rings. The van der Waals surface area contributed by atoms with Gasteiger partial charge in [0.25, 0.3) is 0 Å². The van der Waals surface area contributed by atoms with Crippen LogP contribution in [0.4, 0.5) is 0 Å². The summed E-state index contributed by atoms with van der Waals surface area (Å²) < 4.78 is 0. The number of nitrogens with zero attached hydrogens (tertiary/aromatic N) is 1. The lowest BCUT2D eigenvalue weighted by Crippen LogP contribution is -2.11. The van der Waals surface area contributed by atoms with Crippen LogP contribution in [0.25, 0.3) is 0 Å². The fourth-order valence-electron chi connectivity index (χ4n) is 1.58. The Kier molecular flexibility index (Phi) is 4.13. The standard InChI is InChI=1S/C15H19NS2/c1-11-7-5-6-8-12(11)17-10-14-16-13(9-18-14)15(2,3)4/h5-9H,10H2,1-4H3. The van der Waals surface area contributed by atoms with E-state index in [4.69, 9.17) is 4.98 Å². The molecule has 0 saturated heterocycles. The summed E-state index contributed by atoms with van der Waals surface area (Å²) in [7, 11) is 0. The molecule has 0 bridgehead atoms. The summed E-state index contributed by atoms with van der Waals surface area (Å²) in [6.45, 7) is 8.78. The van der Waals surface area contributed by atoms with Gasteiger partial charge in [-0.1, -0.05) is 39.0 Å². The third kappa shape index (κ3) is 3.36. The van der Waals surface area contributed by atoms with Crippen LogP contribution in [0, 0.1) is 6.92 Å². The van der Waals surface area contributed by atoms with E-state index in [1.54, 1.807) is 11.3 Å². The summed E-state index contributed by atoms with van der Waals surface area (Å²) in [5.74, 6) is 0.964. The molecule has 1 nitrogen and oxygen atoms in total. The highest BCUT2D eigenvalue weighted by Crippen LogP contribution is 2.29. The number of thiazole rings is 1. The molecular formula is C15H19NS2. The number of hydrogen-bond donors (Lipinski definition) is 0. The quantitative estimate of drug-likeness (QED) is 0.729. The van der Waals surface area contributed by atoms with E-state index in [0.717, 1.165) is 5.75 Å². The zero-order chi connectivity index (χ0) is 13.2. The van der Waals surface area contributed by atoms with Crippen molar-refractivity contribution in [3.8, 4) is 0 Å². The van der Waals surface area contributed by atoms with Gasteiger partial charge in [0.15, 0.2) is 0 Å². The average molecular weight is 277 g/mol. The first-order valence-electron chi connectivity index (χ1n) is 6.10. The van der Waals surface area contributed by atoms with Crippen molar-refractivity contribution >= 4 is 23.1 Å². The Bertz CT molecular complexity index is 523. The van der Waals surface area contributed by atoms with Crippen molar-refractivity contribution in [1.29, 1.82) is 0 Å². The molecule has 96 valence electrons. The molecule has 0 aliphatic rings. The lowest BCUT2D eigenvalue weighted by Gasteiger charge is -2.14. The molecule has 2 rings (SSSR count). The number of rotatable bonds is 3. The van der Waals surface area contributed by atoms with Gasteiger partial charge in [-0.05, 0) is 18.6 Å². The van der Waals surface area contributed by atoms with Crippen LogP contribution >= 0.6 is 23.1 Å². The molecule has 0 atom stereocenters. The second-order valence-electron chi connectivity index (χ2n) is 5.43. The van der Waals surface area contributed by atoms with E-state index in [2.05, 4.69) is 57.3 Å². The van der Waals surface area contributed by atoms with Crippen molar-refractivity contribution < 1.29 is 0 Å². The fraction of sp³-hybridized carbons (Fsp3) is 0.400. The van der Waals surface area contributed by atoms with E-state index in [9.17, 15) is 0 Å². The van der Waals surface area contributed by atoms with E-state index in [1.165, 1.54) is 21.2 Å². The van der Waals surface area contributed by atoms with Crippen molar-refractivity contribution in [2.45, 2.75) is 43.8 Å². The number of thioether (sulfide) groups is 1. The molecule has 3 heteroatoms. The lowest BCUT2D eigenvalue weighted by molar-refractivity contribution is 0.572. The molecule has 18 heavy (non-hydrogen) atoms. The third-order valence-electron chi connectivity index (χ3n) is 2.76. The van der Waals surface area contributed by atoms with Crippen molar-refractivity contribution in [2.75, 3.05) is 0 Å². The van der Waals surface area contributed by atoms with Gasteiger partial charge < -0.3 is 0 Å². The molecule has 2 aromatic rings. The molecule has 0 amide bonds. The van der Waals surface area contributed by atoms with Gasteiger partial charge in [0.1, 0.15) is 5.01 Å². The topological polar surface area (TPSA) is 12.9 Å². The number of aromatic nitrogens is 1. The summed E-state index contributed by atoms with van der Waals surface area (Å²) in [5, 5.41) is 3.40. The molecule has 0 spiro atoms. The third-order valence-corrected chi connectivity index (χ3v) is 4.98. The Balaban J connectivity index is 2.03. The first-order valence-corrected chi connectivity index (χ1v) is 7.96. The van der Waals surface area contributed by atoms with Gasteiger partial charge in [-0.15, -0.1) is 23.1 Å². The SMILES string of the molecule is Cc1ccccc1SCc1nc(C(C)(C)C)cs1. The monoisotopic (exact) mass is 277 g/mol. The summed E-state index contributed by atoms with van der Waals surface area (Å²) in [5.41, 5.74) is 2.70. The number of benzene rings is 1. The molecule has 0 unspecified atom stereocenters. The molecule has 0 aliphatic carbocycles. The van der Waals surface area contributed by atoms with Crippen LogP contribution in [0.1, 0.15) is 37.0 Å². The van der Waals surface area contributed by atoms with Crippen LogP contribution in [0.3, 0.4) is 0 Å². The Morgan fingerprint density at radius 2 is 1.94 bits per heavy atom. The van der Waals surface area contributed by atoms with Crippen LogP contribution in [0.5, 0.6) is 0 Å². The summed E-state index contributed by atoms with van der Waals surface area (Å²) in [4.78, 5) is 6.08. The second kappa shape index (κ2) is 5.45. The Morgan fingerprint density at radius 3 is 2.56 bits per heavy atom. The Morgan fingerprint density at radius 1 is 1.22 bits per heavy atom. The van der Waals surface area contributed by atoms with Crippen molar-refractivity contribution in [2.24, 2.45) is 0 Å². The van der Waals surface area contributed by atoms with Crippen LogP contribution in [0.2, 0.25) is 0 Å². The minimum absolute atomic E-state index is 0.155. The predicted molar refractivity (Wildman–Crippen MR) is 81.6 cm³/mol. The Hall–Kier alpha value is -0.800. The van der Waals surface area contributed by atoms with Crippen molar-refractivity contribution in [3.63, 3.8) is 0 Å². The Labute approximate surface area is 118 Å². The minimum Gasteiger partial charge on any atom is -0.245 e. The maximum Gasteiger partial charge on any atom is 0.103 e. The molecule has 1 aromatic heterocycles. The molecule has 1 heterocycles. The highest BCUT2D eigenvalue weighted by molar-refractivity contribution is 7.98. The fourth-order valence-corrected chi connectivity index (χ4v) is 3.65. The van der Waals surface area contributed by atoms with Crippen LogP contribution < -0.4 is 0 Å². The van der Waals surface area contributed by atoms with Crippen LogP contribution in [0.15, 0.2) is 34.5 Å². The smallest absolute Gasteiger partial charge is 0.103 e. The summed E-state index contributed by atoms with van der Waals surface area (Å²) in [6, 6.07) is 8.52. The van der Waals surface area contributed by atoms with Gasteiger partial charge in [0, 0.05) is 15.7 Å². The second-order valence-corrected chi connectivity index (χ2v) is 7.39. The summed E-state index contributed by atoms with van der Waals surface area (Å²) >= 11 is 3.64. The maximum atomic E-state index is 4.72. The molecule has 0 aliphatic heterocycles. The average Bonchev–Trinajstić information content (AvgIpc) is 2.76. The number of aryl methyl sites for hydroxylation is 1. The van der Waals surface area contributed by atoms with E-state index >= 15 is 0 Å².